The van der Waals surface area contributed by atoms with E-state index in [1.807, 2.05) is 0 Å². The van der Waals surface area contributed by atoms with Crippen LogP contribution in [0.4, 0.5) is 10.8 Å². The number of sulfonamides is 1. The summed E-state index contributed by atoms with van der Waals surface area (Å²) in [6.07, 6.45) is 1.45. The Labute approximate surface area is 174 Å². The van der Waals surface area contributed by atoms with Crippen LogP contribution >= 0.6 is 11.3 Å². The van der Waals surface area contributed by atoms with Gasteiger partial charge in [0.05, 0.1) is 22.4 Å². The highest BCUT2D eigenvalue weighted by Gasteiger charge is 2.16. The first-order chi connectivity index (χ1) is 14.4. The molecule has 11 heteroatoms. The van der Waals surface area contributed by atoms with Crippen LogP contribution in [0.5, 0.6) is 0 Å². The number of thiazole rings is 1. The smallest absolute Gasteiger partial charge is 0.272 e. The van der Waals surface area contributed by atoms with Gasteiger partial charge in [-0.15, -0.1) is 11.3 Å². The fraction of sp³-hybridized carbons (Fsp3) is 0.0526. The maximum absolute atomic E-state index is 12.4. The highest BCUT2D eigenvalue weighted by atomic mass is 32.2. The summed E-state index contributed by atoms with van der Waals surface area (Å²) in [5.74, 6) is -0.351. The molecule has 1 amide bonds. The minimum atomic E-state index is -3.76. The Balaban J connectivity index is 1.47. The lowest BCUT2D eigenvalue weighted by Crippen LogP contribution is -2.18. The number of nitrogens with zero attached hydrogens (tertiary/aromatic N) is 2. The summed E-state index contributed by atoms with van der Waals surface area (Å²) in [6.45, 7) is 0. The Kier molecular flexibility index (Phi) is 5.29. The molecule has 0 aliphatic rings. The number of aromatic nitrogens is 3. The molecule has 4 aromatic rings. The molecule has 0 spiro atoms. The van der Waals surface area contributed by atoms with Crippen molar-refractivity contribution in [2.24, 2.45) is 0 Å². The first kappa shape index (κ1) is 19.7. The monoisotopic (exact) mass is 441 g/mol. The molecule has 0 fully saturated rings. The second kappa shape index (κ2) is 8.05. The van der Waals surface area contributed by atoms with Gasteiger partial charge in [0, 0.05) is 22.7 Å². The van der Waals surface area contributed by atoms with Gasteiger partial charge in [-0.25, -0.2) is 18.5 Å². The largest absolute Gasteiger partial charge is 0.326 e. The molecule has 0 saturated heterocycles. The van der Waals surface area contributed by atoms with Gasteiger partial charge in [0.25, 0.3) is 15.6 Å². The summed E-state index contributed by atoms with van der Waals surface area (Å²) in [4.78, 5) is 28.2. The predicted molar refractivity (Wildman–Crippen MR) is 114 cm³/mol. The molecule has 0 unspecified atom stereocenters. The van der Waals surface area contributed by atoms with Crippen molar-refractivity contribution < 1.29 is 13.2 Å². The van der Waals surface area contributed by atoms with Crippen LogP contribution in [-0.4, -0.2) is 29.5 Å². The van der Waals surface area contributed by atoms with Gasteiger partial charge in [-0.2, -0.15) is 5.10 Å². The van der Waals surface area contributed by atoms with Gasteiger partial charge in [0.1, 0.15) is 0 Å². The van der Waals surface area contributed by atoms with Crippen LogP contribution in [0.25, 0.3) is 10.8 Å². The lowest BCUT2D eigenvalue weighted by atomic mass is 10.1. The molecule has 0 aliphatic carbocycles. The fourth-order valence-corrected chi connectivity index (χ4v) is 4.62. The van der Waals surface area contributed by atoms with Crippen molar-refractivity contribution in [2.45, 2.75) is 11.3 Å². The number of rotatable bonds is 6. The van der Waals surface area contributed by atoms with E-state index in [1.54, 1.807) is 29.6 Å². The standard InChI is InChI=1S/C19H15N5O4S2/c25-17(11-16-14-3-1-2-4-15(14)18(26)23-22-16)21-12-5-7-13(8-6-12)30(27,28)24-19-20-9-10-29-19/h1-10H,11H2,(H,20,24)(H,21,25)(H,23,26). The number of H-pyrrole nitrogens is 1. The van der Waals surface area contributed by atoms with Crippen molar-refractivity contribution in [1.82, 2.24) is 15.2 Å². The topological polar surface area (TPSA) is 134 Å². The lowest BCUT2D eigenvalue weighted by molar-refractivity contribution is -0.115. The van der Waals surface area contributed by atoms with Crippen LogP contribution in [0.15, 0.2) is 69.8 Å². The summed E-state index contributed by atoms with van der Waals surface area (Å²) in [6, 6.07) is 12.7. The number of hydrogen-bond acceptors (Lipinski definition) is 7. The number of carbonyl (C=O) groups is 1. The molecule has 2 heterocycles. The molecule has 30 heavy (non-hydrogen) atoms. The number of anilines is 2. The number of hydrogen-bond donors (Lipinski definition) is 3. The zero-order valence-electron chi connectivity index (χ0n) is 15.3. The fourth-order valence-electron chi connectivity index (χ4n) is 2.83. The quantitative estimate of drug-likeness (QED) is 0.421. The highest BCUT2D eigenvalue weighted by molar-refractivity contribution is 7.93. The Morgan fingerprint density at radius 1 is 1.07 bits per heavy atom. The minimum absolute atomic E-state index is 0.0454. The number of amides is 1. The molecule has 4 rings (SSSR count). The van der Waals surface area contributed by atoms with Crippen LogP contribution in [0.1, 0.15) is 5.69 Å². The maximum Gasteiger partial charge on any atom is 0.272 e. The van der Waals surface area contributed by atoms with Crippen LogP contribution < -0.4 is 15.6 Å². The van der Waals surface area contributed by atoms with Gasteiger partial charge >= 0.3 is 0 Å². The zero-order chi connectivity index (χ0) is 21.1. The zero-order valence-corrected chi connectivity index (χ0v) is 17.0. The number of aromatic amines is 1. The molecule has 152 valence electrons. The van der Waals surface area contributed by atoms with E-state index in [2.05, 4.69) is 25.2 Å². The lowest BCUT2D eigenvalue weighted by Gasteiger charge is -2.08. The molecular weight excluding hydrogens is 426 g/mol. The number of carbonyl (C=O) groups excluding carboxylic acids is 1. The average molecular weight is 441 g/mol. The first-order valence-corrected chi connectivity index (χ1v) is 11.1. The maximum atomic E-state index is 12.4. The second-order valence-electron chi connectivity index (χ2n) is 6.24. The van der Waals surface area contributed by atoms with Crippen molar-refractivity contribution in [3.05, 3.63) is 76.2 Å². The minimum Gasteiger partial charge on any atom is -0.326 e. The molecule has 3 N–H and O–H groups in total. The van der Waals surface area contributed by atoms with Crippen LogP contribution in [0, 0.1) is 0 Å². The Morgan fingerprint density at radius 3 is 2.50 bits per heavy atom. The van der Waals surface area contributed by atoms with Gasteiger partial charge in [-0.1, -0.05) is 18.2 Å². The van der Waals surface area contributed by atoms with Crippen molar-refractivity contribution >= 4 is 48.9 Å². The van der Waals surface area contributed by atoms with E-state index in [0.717, 1.165) is 0 Å². The van der Waals surface area contributed by atoms with Gasteiger partial charge < -0.3 is 5.32 Å². The predicted octanol–water partition coefficient (Wildman–Crippen LogP) is 2.36. The third-order valence-electron chi connectivity index (χ3n) is 4.21. The molecule has 0 bridgehead atoms. The Bertz CT molecular complexity index is 1360. The van der Waals surface area contributed by atoms with E-state index in [1.165, 1.54) is 41.8 Å². The molecule has 0 saturated carbocycles. The van der Waals surface area contributed by atoms with Crippen LogP contribution in [0.3, 0.4) is 0 Å². The second-order valence-corrected chi connectivity index (χ2v) is 8.81. The summed E-state index contributed by atoms with van der Waals surface area (Å²) in [5.41, 5.74) is 0.550. The van der Waals surface area contributed by atoms with E-state index < -0.39 is 10.0 Å². The third kappa shape index (κ3) is 4.21. The molecule has 0 radical (unpaired) electrons. The first-order valence-electron chi connectivity index (χ1n) is 8.71. The van der Waals surface area contributed by atoms with Crippen molar-refractivity contribution in [3.63, 3.8) is 0 Å². The van der Waals surface area contributed by atoms with Crippen molar-refractivity contribution in [3.8, 4) is 0 Å². The number of fused-ring (bicyclic) bond motifs is 1. The van der Waals surface area contributed by atoms with Gasteiger partial charge in [-0.3, -0.25) is 14.3 Å². The summed E-state index contributed by atoms with van der Waals surface area (Å²) < 4.78 is 27.1. The normalized spacial score (nSPS) is 11.3. The average Bonchev–Trinajstić information content (AvgIpc) is 3.23. The van der Waals surface area contributed by atoms with Crippen molar-refractivity contribution in [1.29, 1.82) is 0 Å². The van der Waals surface area contributed by atoms with Gasteiger partial charge in [-0.05, 0) is 30.3 Å². The van der Waals surface area contributed by atoms with E-state index in [4.69, 9.17) is 0 Å². The summed E-state index contributed by atoms with van der Waals surface area (Å²) in [5, 5.41) is 12.1. The molecule has 0 atom stereocenters. The Morgan fingerprint density at radius 2 is 1.80 bits per heavy atom. The molecule has 0 aliphatic heterocycles. The molecule has 2 aromatic heterocycles. The van der Waals surface area contributed by atoms with E-state index in [-0.39, 0.29) is 27.9 Å². The highest BCUT2D eigenvalue weighted by Crippen LogP contribution is 2.20. The van der Waals surface area contributed by atoms with Crippen LogP contribution in [-0.2, 0) is 21.2 Å². The number of nitrogens with one attached hydrogen (secondary N) is 3. The van der Waals surface area contributed by atoms with Gasteiger partial charge in [0.15, 0.2) is 5.13 Å². The van der Waals surface area contributed by atoms with Gasteiger partial charge in [0.2, 0.25) is 5.91 Å². The summed E-state index contributed by atoms with van der Waals surface area (Å²) >= 11 is 1.17. The SMILES string of the molecule is O=C(Cc1n[nH]c(=O)c2ccccc12)Nc1ccc(S(=O)(=O)Nc2nccs2)cc1. The molecular formula is C19H15N5O4S2. The summed E-state index contributed by atoms with van der Waals surface area (Å²) in [7, 11) is -3.76. The van der Waals surface area contributed by atoms with E-state index >= 15 is 0 Å². The molecule has 2 aromatic carbocycles. The molecule has 9 nitrogen and oxygen atoms in total. The Hall–Kier alpha value is -3.57. The van der Waals surface area contributed by atoms with E-state index in [0.29, 0.717) is 22.2 Å². The van der Waals surface area contributed by atoms with Crippen LogP contribution in [0.2, 0.25) is 0 Å². The third-order valence-corrected chi connectivity index (χ3v) is 6.38. The van der Waals surface area contributed by atoms with E-state index in [9.17, 15) is 18.0 Å². The van der Waals surface area contributed by atoms with Crippen molar-refractivity contribution in [2.75, 3.05) is 10.0 Å². The number of benzene rings is 2.